The lowest BCUT2D eigenvalue weighted by molar-refractivity contribution is -0.147. The van der Waals surface area contributed by atoms with Crippen LogP contribution in [0.1, 0.15) is 31.7 Å². The highest BCUT2D eigenvalue weighted by atomic mass is 32.2. The van der Waals surface area contributed by atoms with Gasteiger partial charge in [-0.05, 0) is 32.3 Å². The van der Waals surface area contributed by atoms with Crippen LogP contribution in [0.2, 0.25) is 0 Å². The third-order valence-corrected chi connectivity index (χ3v) is 4.97. The Kier molecular flexibility index (Phi) is 6.69. The fourth-order valence-corrected chi connectivity index (χ4v) is 3.16. The van der Waals surface area contributed by atoms with E-state index in [1.54, 1.807) is 6.92 Å². The fourth-order valence-electron chi connectivity index (χ4n) is 2.34. The molecule has 0 saturated heterocycles. The van der Waals surface area contributed by atoms with Crippen LogP contribution >= 0.6 is 11.8 Å². The zero-order valence-electron chi connectivity index (χ0n) is 14.7. The Hall–Kier alpha value is -2.03. The molecule has 0 spiro atoms. The summed E-state index contributed by atoms with van der Waals surface area (Å²) in [6, 6.07) is 9.89. The lowest BCUT2D eigenvalue weighted by atomic mass is 10.1. The second-order valence-corrected chi connectivity index (χ2v) is 7.36. The van der Waals surface area contributed by atoms with E-state index >= 15 is 0 Å². The fraction of sp³-hybridized carbons (Fsp3) is 0.471. The SMILES string of the molecule is C[C@H](CCc1ccccc1)NC(=O)[C@H](C)Sc1nnc(C(F)(F)F)n1C. The van der Waals surface area contributed by atoms with E-state index in [1.807, 2.05) is 37.3 Å². The van der Waals surface area contributed by atoms with Gasteiger partial charge < -0.3 is 9.88 Å². The largest absolute Gasteiger partial charge is 0.451 e. The monoisotopic (exact) mass is 386 g/mol. The van der Waals surface area contributed by atoms with Gasteiger partial charge in [0, 0.05) is 13.1 Å². The molecule has 26 heavy (non-hydrogen) atoms. The highest BCUT2D eigenvalue weighted by molar-refractivity contribution is 8.00. The van der Waals surface area contributed by atoms with Crippen molar-refractivity contribution in [1.82, 2.24) is 20.1 Å². The van der Waals surface area contributed by atoms with Gasteiger partial charge >= 0.3 is 6.18 Å². The molecule has 0 radical (unpaired) electrons. The van der Waals surface area contributed by atoms with Crippen molar-refractivity contribution in [2.75, 3.05) is 0 Å². The van der Waals surface area contributed by atoms with Gasteiger partial charge in [-0.2, -0.15) is 13.2 Å². The Morgan fingerprint density at radius 3 is 2.46 bits per heavy atom. The minimum atomic E-state index is -4.57. The maximum Gasteiger partial charge on any atom is 0.451 e. The van der Waals surface area contributed by atoms with Crippen LogP contribution in [-0.4, -0.2) is 32.0 Å². The Morgan fingerprint density at radius 2 is 1.88 bits per heavy atom. The first-order valence-electron chi connectivity index (χ1n) is 8.16. The van der Waals surface area contributed by atoms with Crippen LogP contribution in [0, 0.1) is 0 Å². The molecule has 0 fully saturated rings. The van der Waals surface area contributed by atoms with Crippen LogP contribution in [-0.2, 0) is 24.4 Å². The Labute approximate surface area is 154 Å². The second-order valence-electron chi connectivity index (χ2n) is 6.06. The van der Waals surface area contributed by atoms with Gasteiger partial charge in [0.2, 0.25) is 11.7 Å². The lowest BCUT2D eigenvalue weighted by Gasteiger charge is -2.17. The molecule has 0 aliphatic heterocycles. The zero-order chi connectivity index (χ0) is 19.3. The number of rotatable bonds is 7. The van der Waals surface area contributed by atoms with E-state index in [2.05, 4.69) is 15.5 Å². The molecule has 1 amide bonds. The van der Waals surface area contributed by atoms with Gasteiger partial charge in [0.25, 0.3) is 0 Å². The molecule has 1 N–H and O–H groups in total. The highest BCUT2D eigenvalue weighted by Gasteiger charge is 2.37. The molecule has 9 heteroatoms. The number of hydrogen-bond acceptors (Lipinski definition) is 4. The summed E-state index contributed by atoms with van der Waals surface area (Å²) in [5, 5.41) is 9.05. The molecule has 5 nitrogen and oxygen atoms in total. The molecule has 0 aliphatic carbocycles. The van der Waals surface area contributed by atoms with E-state index in [0.717, 1.165) is 29.2 Å². The molecule has 1 aromatic carbocycles. The number of aryl methyl sites for hydroxylation is 1. The lowest BCUT2D eigenvalue weighted by Crippen LogP contribution is -2.38. The van der Waals surface area contributed by atoms with Crippen LogP contribution in [0.3, 0.4) is 0 Å². The van der Waals surface area contributed by atoms with E-state index in [9.17, 15) is 18.0 Å². The number of alkyl halides is 3. The average Bonchev–Trinajstić information content (AvgIpc) is 2.94. The average molecular weight is 386 g/mol. The number of aromatic nitrogens is 3. The number of benzene rings is 1. The number of halogens is 3. The minimum Gasteiger partial charge on any atom is -0.353 e. The Morgan fingerprint density at radius 1 is 1.23 bits per heavy atom. The molecule has 1 aromatic heterocycles. The normalized spacial score (nSPS) is 14.1. The summed E-state index contributed by atoms with van der Waals surface area (Å²) >= 11 is 0.949. The molecule has 0 saturated carbocycles. The molecule has 1 heterocycles. The van der Waals surface area contributed by atoms with E-state index < -0.39 is 17.3 Å². The highest BCUT2D eigenvalue weighted by Crippen LogP contribution is 2.30. The van der Waals surface area contributed by atoms with Crippen molar-refractivity contribution >= 4 is 17.7 Å². The molecule has 0 aliphatic rings. The van der Waals surface area contributed by atoms with E-state index in [1.165, 1.54) is 12.6 Å². The second kappa shape index (κ2) is 8.57. The van der Waals surface area contributed by atoms with Crippen molar-refractivity contribution in [3.05, 3.63) is 41.7 Å². The Bertz CT molecular complexity index is 733. The van der Waals surface area contributed by atoms with E-state index in [4.69, 9.17) is 0 Å². The third-order valence-electron chi connectivity index (χ3n) is 3.84. The number of thioether (sulfide) groups is 1. The first-order chi connectivity index (χ1) is 12.2. The van der Waals surface area contributed by atoms with Gasteiger partial charge in [0.15, 0.2) is 5.16 Å². The maximum absolute atomic E-state index is 12.7. The molecular formula is C17H21F3N4OS. The standard InChI is InChI=1S/C17H21F3N4OS/c1-11(9-10-13-7-5-4-6-8-13)21-14(25)12(2)26-16-23-22-15(24(16)3)17(18,19)20/h4-8,11-12H,9-10H2,1-3H3,(H,21,25)/t11-,12+/m1/s1. The van der Waals surface area contributed by atoms with Crippen molar-refractivity contribution in [3.63, 3.8) is 0 Å². The van der Waals surface area contributed by atoms with Gasteiger partial charge in [-0.3, -0.25) is 4.79 Å². The predicted molar refractivity (Wildman–Crippen MR) is 93.7 cm³/mol. The topological polar surface area (TPSA) is 59.8 Å². The molecule has 142 valence electrons. The smallest absolute Gasteiger partial charge is 0.353 e. The van der Waals surface area contributed by atoms with Gasteiger partial charge in [0.05, 0.1) is 5.25 Å². The molecule has 2 atom stereocenters. The number of amides is 1. The van der Waals surface area contributed by atoms with Gasteiger partial charge in [-0.15, -0.1) is 10.2 Å². The van der Waals surface area contributed by atoms with Crippen LogP contribution in [0.4, 0.5) is 13.2 Å². The summed E-state index contributed by atoms with van der Waals surface area (Å²) in [5.41, 5.74) is 1.19. The van der Waals surface area contributed by atoms with Crippen molar-refractivity contribution < 1.29 is 18.0 Å². The third kappa shape index (κ3) is 5.48. The molecular weight excluding hydrogens is 365 g/mol. The Balaban J connectivity index is 1.86. The van der Waals surface area contributed by atoms with Crippen molar-refractivity contribution in [2.24, 2.45) is 7.05 Å². The zero-order valence-corrected chi connectivity index (χ0v) is 15.6. The molecule has 0 unspecified atom stereocenters. The van der Waals surface area contributed by atoms with Crippen LogP contribution in [0.25, 0.3) is 0 Å². The number of nitrogens with one attached hydrogen (secondary N) is 1. The number of nitrogens with zero attached hydrogens (tertiary/aromatic N) is 3. The number of carbonyl (C=O) groups excluding carboxylic acids is 1. The summed E-state index contributed by atoms with van der Waals surface area (Å²) in [5.74, 6) is -1.32. The van der Waals surface area contributed by atoms with Gasteiger partial charge in [0.1, 0.15) is 0 Å². The first kappa shape index (κ1) is 20.3. The van der Waals surface area contributed by atoms with Crippen molar-refractivity contribution in [3.8, 4) is 0 Å². The van der Waals surface area contributed by atoms with E-state index in [-0.39, 0.29) is 17.1 Å². The molecule has 2 rings (SSSR count). The number of hydrogen-bond donors (Lipinski definition) is 1. The first-order valence-corrected chi connectivity index (χ1v) is 9.04. The summed E-state index contributed by atoms with van der Waals surface area (Å²) in [6.07, 6.45) is -2.96. The van der Waals surface area contributed by atoms with Crippen LogP contribution < -0.4 is 5.32 Å². The van der Waals surface area contributed by atoms with Crippen LogP contribution in [0.5, 0.6) is 0 Å². The van der Waals surface area contributed by atoms with E-state index in [0.29, 0.717) is 0 Å². The molecule has 0 bridgehead atoms. The van der Waals surface area contributed by atoms with Crippen molar-refractivity contribution in [1.29, 1.82) is 0 Å². The summed E-state index contributed by atoms with van der Waals surface area (Å²) in [4.78, 5) is 12.3. The maximum atomic E-state index is 12.7. The van der Waals surface area contributed by atoms with Gasteiger partial charge in [-0.25, -0.2) is 0 Å². The number of carbonyl (C=O) groups is 1. The summed E-state index contributed by atoms with van der Waals surface area (Å²) in [7, 11) is 1.23. The minimum absolute atomic E-state index is 0.0454. The van der Waals surface area contributed by atoms with Crippen LogP contribution in [0.15, 0.2) is 35.5 Å². The molecule has 2 aromatic rings. The summed E-state index contributed by atoms with van der Waals surface area (Å²) < 4.78 is 39.1. The quantitative estimate of drug-likeness (QED) is 0.741. The summed E-state index contributed by atoms with van der Waals surface area (Å²) in [6.45, 7) is 3.54. The van der Waals surface area contributed by atoms with Crippen molar-refractivity contribution in [2.45, 2.75) is 49.3 Å². The van der Waals surface area contributed by atoms with Gasteiger partial charge in [-0.1, -0.05) is 42.1 Å². The predicted octanol–water partition coefficient (Wildman–Crippen LogP) is 3.45.